The minimum Gasteiger partial charge on any atom is -0.409 e. The number of halogens is 1. The molecule has 0 aliphatic carbocycles. The van der Waals surface area contributed by atoms with Gasteiger partial charge < -0.3 is 16.3 Å². The van der Waals surface area contributed by atoms with E-state index in [2.05, 4.69) is 31.4 Å². The summed E-state index contributed by atoms with van der Waals surface area (Å²) >= 11 is 3.37. The number of pyridine rings is 1. The first-order valence-corrected chi connectivity index (χ1v) is 6.81. The number of hydrogen-bond acceptors (Lipinski definition) is 4. The van der Waals surface area contributed by atoms with Crippen molar-refractivity contribution >= 4 is 33.4 Å². The fraction of sp³-hybridized carbons (Fsp3) is 0.0714. The van der Waals surface area contributed by atoms with Crippen molar-refractivity contribution in [2.75, 3.05) is 5.32 Å². The van der Waals surface area contributed by atoms with Crippen LogP contribution in [0.15, 0.2) is 46.2 Å². The number of amidine groups is 1. The molecule has 0 radical (unpaired) electrons. The zero-order valence-corrected chi connectivity index (χ0v) is 12.8. The number of aryl methyl sites for hydroxylation is 1. The summed E-state index contributed by atoms with van der Waals surface area (Å²) in [5.74, 6) is -0.393. The third-order valence-corrected chi connectivity index (χ3v) is 3.16. The molecular formula is C14H13BrN4O2. The van der Waals surface area contributed by atoms with Crippen molar-refractivity contribution in [3.05, 3.63) is 57.8 Å². The van der Waals surface area contributed by atoms with E-state index in [1.54, 1.807) is 12.1 Å². The molecule has 108 valence electrons. The lowest BCUT2D eigenvalue weighted by Gasteiger charge is -2.07. The lowest BCUT2D eigenvalue weighted by molar-refractivity contribution is 0.102. The third-order valence-electron chi connectivity index (χ3n) is 2.70. The maximum Gasteiger partial charge on any atom is 0.274 e. The van der Waals surface area contributed by atoms with Crippen LogP contribution in [-0.4, -0.2) is 21.9 Å². The van der Waals surface area contributed by atoms with E-state index in [1.807, 2.05) is 19.1 Å². The van der Waals surface area contributed by atoms with Crippen molar-refractivity contribution in [2.45, 2.75) is 6.92 Å². The zero-order chi connectivity index (χ0) is 15.4. The van der Waals surface area contributed by atoms with Crippen LogP contribution in [0, 0.1) is 6.92 Å². The molecule has 7 heteroatoms. The van der Waals surface area contributed by atoms with Crippen LogP contribution in [-0.2, 0) is 0 Å². The number of carbonyl (C=O) groups excluding carboxylic acids is 1. The quantitative estimate of drug-likeness (QED) is 0.343. The Labute approximate surface area is 129 Å². The molecule has 0 saturated carbocycles. The smallest absolute Gasteiger partial charge is 0.274 e. The van der Waals surface area contributed by atoms with Crippen molar-refractivity contribution in [1.82, 2.24) is 4.98 Å². The van der Waals surface area contributed by atoms with Crippen LogP contribution in [0.2, 0.25) is 0 Å². The second kappa shape index (κ2) is 6.36. The molecule has 0 bridgehead atoms. The molecule has 0 spiro atoms. The van der Waals surface area contributed by atoms with Gasteiger partial charge in [-0.1, -0.05) is 21.1 Å². The number of nitrogens with zero attached hydrogens (tertiary/aromatic N) is 2. The first-order chi connectivity index (χ1) is 9.99. The van der Waals surface area contributed by atoms with Crippen LogP contribution in [0.5, 0.6) is 0 Å². The number of anilines is 1. The molecule has 1 amide bonds. The maximum atomic E-state index is 12.1. The largest absolute Gasteiger partial charge is 0.409 e. The fourth-order valence-electron chi connectivity index (χ4n) is 1.74. The highest BCUT2D eigenvalue weighted by Crippen LogP contribution is 2.19. The highest BCUT2D eigenvalue weighted by Gasteiger charge is 2.09. The van der Waals surface area contributed by atoms with Gasteiger partial charge in [-0.05, 0) is 42.8 Å². The molecule has 2 rings (SSSR count). The zero-order valence-electron chi connectivity index (χ0n) is 11.2. The molecule has 1 aromatic carbocycles. The molecule has 1 heterocycles. The molecule has 0 fully saturated rings. The average Bonchev–Trinajstić information content (AvgIpc) is 2.45. The van der Waals surface area contributed by atoms with Crippen molar-refractivity contribution in [3.8, 4) is 0 Å². The fourth-order valence-corrected chi connectivity index (χ4v) is 2.35. The Balaban J connectivity index is 2.16. The summed E-state index contributed by atoms with van der Waals surface area (Å²) < 4.78 is 0.882. The molecule has 0 atom stereocenters. The predicted molar refractivity (Wildman–Crippen MR) is 83.6 cm³/mol. The van der Waals surface area contributed by atoms with Gasteiger partial charge in [-0.15, -0.1) is 0 Å². The van der Waals surface area contributed by atoms with E-state index in [0.29, 0.717) is 11.3 Å². The topological polar surface area (TPSA) is 101 Å². The standard InChI is InChI=1S/C14H13BrN4O2/c1-8-4-10(15)6-11(5-8)18-14(20)12-3-2-9(7-17-12)13(16)19-21/h2-7,21H,1H3,(H2,16,19)(H,18,20). The van der Waals surface area contributed by atoms with Gasteiger partial charge in [0.25, 0.3) is 5.91 Å². The summed E-state index contributed by atoms with van der Waals surface area (Å²) in [6.45, 7) is 1.93. The van der Waals surface area contributed by atoms with E-state index >= 15 is 0 Å². The van der Waals surface area contributed by atoms with E-state index in [-0.39, 0.29) is 17.4 Å². The Morgan fingerprint density at radius 2 is 2.14 bits per heavy atom. The Bertz CT molecular complexity index is 678. The molecule has 0 saturated heterocycles. The van der Waals surface area contributed by atoms with E-state index in [0.717, 1.165) is 10.0 Å². The van der Waals surface area contributed by atoms with Gasteiger partial charge in [-0.25, -0.2) is 0 Å². The van der Waals surface area contributed by atoms with E-state index in [9.17, 15) is 4.79 Å². The predicted octanol–water partition coefficient (Wildman–Crippen LogP) is 2.50. The summed E-state index contributed by atoms with van der Waals surface area (Å²) in [6.07, 6.45) is 1.37. The van der Waals surface area contributed by atoms with Gasteiger partial charge in [0.05, 0.1) is 0 Å². The Morgan fingerprint density at radius 3 is 2.71 bits per heavy atom. The van der Waals surface area contributed by atoms with Gasteiger partial charge in [-0.3, -0.25) is 9.78 Å². The second-order valence-corrected chi connectivity index (χ2v) is 5.30. The summed E-state index contributed by atoms with van der Waals surface area (Å²) in [5, 5.41) is 14.2. The number of nitrogens with two attached hydrogens (primary N) is 1. The van der Waals surface area contributed by atoms with Crippen molar-refractivity contribution in [2.24, 2.45) is 10.9 Å². The maximum absolute atomic E-state index is 12.1. The van der Waals surface area contributed by atoms with Crippen LogP contribution in [0.1, 0.15) is 21.6 Å². The molecule has 0 aliphatic heterocycles. The molecular weight excluding hydrogens is 336 g/mol. The number of hydrogen-bond donors (Lipinski definition) is 3. The Hall–Kier alpha value is -2.41. The van der Waals surface area contributed by atoms with Crippen molar-refractivity contribution in [1.29, 1.82) is 0 Å². The second-order valence-electron chi connectivity index (χ2n) is 4.39. The van der Waals surface area contributed by atoms with Gasteiger partial charge in [0.2, 0.25) is 0 Å². The normalized spacial score (nSPS) is 11.2. The first-order valence-electron chi connectivity index (χ1n) is 6.02. The molecule has 21 heavy (non-hydrogen) atoms. The van der Waals surface area contributed by atoms with E-state index < -0.39 is 0 Å². The van der Waals surface area contributed by atoms with Gasteiger partial charge >= 0.3 is 0 Å². The van der Waals surface area contributed by atoms with Crippen molar-refractivity contribution in [3.63, 3.8) is 0 Å². The van der Waals surface area contributed by atoms with Crippen molar-refractivity contribution < 1.29 is 10.0 Å². The monoisotopic (exact) mass is 348 g/mol. The van der Waals surface area contributed by atoms with Crippen LogP contribution >= 0.6 is 15.9 Å². The minimum absolute atomic E-state index is 0.0583. The third kappa shape index (κ3) is 3.79. The summed E-state index contributed by atoms with van der Waals surface area (Å²) in [6, 6.07) is 8.67. The number of oxime groups is 1. The van der Waals surface area contributed by atoms with Crippen LogP contribution in [0.3, 0.4) is 0 Å². The molecule has 4 N–H and O–H groups in total. The Kier molecular flexibility index (Phi) is 4.54. The lowest BCUT2D eigenvalue weighted by Crippen LogP contribution is -2.16. The summed E-state index contributed by atoms with van der Waals surface area (Å²) in [4.78, 5) is 16.1. The van der Waals surface area contributed by atoms with Gasteiger partial charge in [0.1, 0.15) is 5.69 Å². The number of aromatic nitrogens is 1. The first kappa shape index (κ1) is 15.0. The van der Waals surface area contributed by atoms with Crippen LogP contribution in [0.4, 0.5) is 5.69 Å². The number of amides is 1. The lowest BCUT2D eigenvalue weighted by atomic mass is 10.2. The van der Waals surface area contributed by atoms with E-state index in [1.165, 1.54) is 12.3 Å². The van der Waals surface area contributed by atoms with Gasteiger partial charge in [0.15, 0.2) is 5.84 Å². The van der Waals surface area contributed by atoms with Crippen LogP contribution < -0.4 is 11.1 Å². The highest BCUT2D eigenvalue weighted by molar-refractivity contribution is 9.10. The van der Waals surface area contributed by atoms with Gasteiger partial charge in [-0.2, -0.15) is 0 Å². The molecule has 0 aliphatic rings. The van der Waals surface area contributed by atoms with E-state index in [4.69, 9.17) is 10.9 Å². The SMILES string of the molecule is Cc1cc(Br)cc(NC(=O)c2ccc(/C(N)=N/O)cn2)c1. The minimum atomic E-state index is -0.335. The molecule has 2 aromatic rings. The number of nitrogens with one attached hydrogen (secondary N) is 1. The van der Waals surface area contributed by atoms with Gasteiger partial charge in [0, 0.05) is 21.9 Å². The number of carbonyl (C=O) groups is 1. The molecule has 6 nitrogen and oxygen atoms in total. The van der Waals surface area contributed by atoms with Crippen LogP contribution in [0.25, 0.3) is 0 Å². The highest BCUT2D eigenvalue weighted by atomic mass is 79.9. The number of benzene rings is 1. The summed E-state index contributed by atoms with van der Waals surface area (Å²) in [7, 11) is 0. The average molecular weight is 349 g/mol. The Morgan fingerprint density at radius 1 is 1.38 bits per heavy atom. The molecule has 0 unspecified atom stereocenters. The number of rotatable bonds is 3. The molecule has 1 aromatic heterocycles. The summed E-state index contributed by atoms with van der Waals surface area (Å²) in [5.41, 5.74) is 7.81.